The molecule has 0 saturated carbocycles. The van der Waals surface area contributed by atoms with E-state index in [1.807, 2.05) is 0 Å². The van der Waals surface area contributed by atoms with Crippen molar-refractivity contribution in [3.63, 3.8) is 0 Å². The molecule has 0 fully saturated rings. The third kappa shape index (κ3) is 6.50. The van der Waals surface area contributed by atoms with Crippen molar-refractivity contribution in [1.82, 2.24) is 10.8 Å². The SMILES string of the molecule is N=C(N)NCCC[C@H](NO)C(=O)C(=O)c1ccccc1NS(=O)(=O)c1cccc(N)c1. The van der Waals surface area contributed by atoms with Crippen molar-refractivity contribution in [2.24, 2.45) is 5.73 Å². The third-order valence-electron chi connectivity index (χ3n) is 4.27. The van der Waals surface area contributed by atoms with E-state index in [4.69, 9.17) is 16.9 Å². The summed E-state index contributed by atoms with van der Waals surface area (Å²) in [5, 5.41) is 18.9. The topological polar surface area (TPSA) is 200 Å². The van der Waals surface area contributed by atoms with Crippen molar-refractivity contribution in [2.45, 2.75) is 23.8 Å². The number of ketones is 2. The predicted octanol–water partition coefficient (Wildman–Crippen LogP) is 0.432. The normalized spacial score (nSPS) is 12.0. The molecular weight excluding hydrogens is 424 g/mol. The van der Waals surface area contributed by atoms with Crippen molar-refractivity contribution in [3.8, 4) is 0 Å². The average Bonchev–Trinajstić information content (AvgIpc) is 2.73. The molecule has 2 aromatic carbocycles. The fourth-order valence-electron chi connectivity index (χ4n) is 2.73. The van der Waals surface area contributed by atoms with Gasteiger partial charge in [0.1, 0.15) is 0 Å². The molecule has 0 heterocycles. The number of hydrogen-bond acceptors (Lipinski definition) is 8. The molecule has 0 bridgehead atoms. The lowest BCUT2D eigenvalue weighted by molar-refractivity contribution is -0.119. The number of guanidine groups is 1. The number of hydroxylamine groups is 1. The summed E-state index contributed by atoms with van der Waals surface area (Å²) < 4.78 is 27.6. The van der Waals surface area contributed by atoms with Crippen LogP contribution in [0, 0.1) is 5.41 Å². The van der Waals surface area contributed by atoms with Gasteiger partial charge in [-0.1, -0.05) is 18.2 Å². The molecule has 166 valence electrons. The van der Waals surface area contributed by atoms with Crippen LogP contribution in [0.2, 0.25) is 0 Å². The summed E-state index contributed by atoms with van der Waals surface area (Å²) in [5.74, 6) is -2.16. The minimum Gasteiger partial charge on any atom is -0.399 e. The zero-order chi connectivity index (χ0) is 23.0. The molecule has 0 aliphatic carbocycles. The van der Waals surface area contributed by atoms with Gasteiger partial charge in [0.2, 0.25) is 11.6 Å². The van der Waals surface area contributed by atoms with Gasteiger partial charge in [-0.15, -0.1) is 0 Å². The van der Waals surface area contributed by atoms with E-state index >= 15 is 0 Å². The molecule has 11 nitrogen and oxygen atoms in total. The molecule has 0 aliphatic heterocycles. The number of carbonyl (C=O) groups excluding carboxylic acids is 2. The average molecular weight is 449 g/mol. The lowest BCUT2D eigenvalue weighted by Crippen LogP contribution is -2.40. The van der Waals surface area contributed by atoms with Crippen molar-refractivity contribution >= 4 is 38.9 Å². The van der Waals surface area contributed by atoms with E-state index < -0.39 is 27.6 Å². The van der Waals surface area contributed by atoms with Crippen LogP contribution in [0.25, 0.3) is 0 Å². The summed E-state index contributed by atoms with van der Waals surface area (Å²) in [6, 6.07) is 10.1. The Morgan fingerprint density at radius 3 is 2.48 bits per heavy atom. The number of nitrogen functional groups attached to an aromatic ring is 1. The van der Waals surface area contributed by atoms with Gasteiger partial charge in [0.05, 0.1) is 16.6 Å². The minimum absolute atomic E-state index is 0.0819. The molecule has 0 saturated heterocycles. The second kappa shape index (κ2) is 10.5. The molecule has 9 N–H and O–H groups in total. The first-order valence-corrected chi connectivity index (χ1v) is 10.7. The lowest BCUT2D eigenvalue weighted by atomic mass is 9.98. The van der Waals surface area contributed by atoms with Crippen LogP contribution in [-0.2, 0) is 14.8 Å². The highest BCUT2D eigenvalue weighted by molar-refractivity contribution is 7.92. The van der Waals surface area contributed by atoms with Gasteiger partial charge in [-0.2, -0.15) is 5.48 Å². The van der Waals surface area contributed by atoms with E-state index in [9.17, 15) is 23.2 Å². The van der Waals surface area contributed by atoms with Crippen LogP contribution in [0.3, 0.4) is 0 Å². The zero-order valence-electron chi connectivity index (χ0n) is 16.5. The lowest BCUT2D eigenvalue weighted by Gasteiger charge is -2.15. The van der Waals surface area contributed by atoms with Crippen LogP contribution in [0.1, 0.15) is 23.2 Å². The van der Waals surface area contributed by atoms with Crippen LogP contribution >= 0.6 is 0 Å². The van der Waals surface area contributed by atoms with Gasteiger partial charge in [-0.05, 0) is 43.2 Å². The Balaban J connectivity index is 2.20. The predicted molar refractivity (Wildman–Crippen MR) is 115 cm³/mol. The number of Topliss-reactive ketones (excluding diaryl/α,β-unsaturated/α-hetero) is 2. The Morgan fingerprint density at radius 1 is 1.13 bits per heavy atom. The first-order valence-electron chi connectivity index (χ1n) is 9.19. The van der Waals surface area contributed by atoms with Gasteiger partial charge in [-0.3, -0.25) is 19.7 Å². The number of sulfonamides is 1. The Hall–Kier alpha value is -3.48. The van der Waals surface area contributed by atoms with Crippen molar-refractivity contribution < 1.29 is 23.2 Å². The number of nitrogens with two attached hydrogens (primary N) is 2. The molecule has 1 atom stereocenters. The van der Waals surface area contributed by atoms with Crippen LogP contribution in [-0.4, -0.2) is 43.7 Å². The van der Waals surface area contributed by atoms with Gasteiger partial charge in [0, 0.05) is 17.8 Å². The van der Waals surface area contributed by atoms with Crippen molar-refractivity contribution in [2.75, 3.05) is 17.0 Å². The maximum atomic E-state index is 12.8. The first kappa shape index (κ1) is 23.8. The quantitative estimate of drug-likeness (QED) is 0.0484. The van der Waals surface area contributed by atoms with Crippen LogP contribution < -0.4 is 27.0 Å². The number of anilines is 2. The van der Waals surface area contributed by atoms with Gasteiger partial charge >= 0.3 is 0 Å². The summed E-state index contributed by atoms with van der Waals surface area (Å²) >= 11 is 0. The molecule has 2 rings (SSSR count). The Labute approximate surface area is 179 Å². The number of para-hydroxylation sites is 1. The largest absolute Gasteiger partial charge is 0.399 e. The summed E-state index contributed by atoms with van der Waals surface area (Å²) in [6.45, 7) is 0.269. The monoisotopic (exact) mass is 448 g/mol. The Bertz CT molecular complexity index is 1070. The molecule has 31 heavy (non-hydrogen) atoms. The summed E-state index contributed by atoms with van der Waals surface area (Å²) in [7, 11) is -4.07. The number of benzene rings is 2. The highest BCUT2D eigenvalue weighted by atomic mass is 32.2. The molecule has 0 amide bonds. The molecule has 0 spiro atoms. The molecule has 0 radical (unpaired) electrons. The second-order valence-corrected chi connectivity index (χ2v) is 8.26. The van der Waals surface area contributed by atoms with Gasteiger partial charge < -0.3 is 22.0 Å². The van der Waals surface area contributed by atoms with Gasteiger partial charge in [0.25, 0.3) is 10.0 Å². The summed E-state index contributed by atoms with van der Waals surface area (Å²) in [4.78, 5) is 25.2. The maximum absolute atomic E-state index is 12.8. The van der Waals surface area contributed by atoms with Crippen LogP contribution in [0.5, 0.6) is 0 Å². The molecule has 12 heteroatoms. The van der Waals surface area contributed by atoms with E-state index in [1.165, 1.54) is 48.5 Å². The molecule has 2 aromatic rings. The van der Waals surface area contributed by atoms with Crippen molar-refractivity contribution in [1.29, 1.82) is 5.41 Å². The highest BCUT2D eigenvalue weighted by Crippen LogP contribution is 2.22. The van der Waals surface area contributed by atoms with Crippen LogP contribution in [0.4, 0.5) is 11.4 Å². The molecule has 0 aromatic heterocycles. The third-order valence-corrected chi connectivity index (χ3v) is 5.63. The molecule has 0 aliphatic rings. The van der Waals surface area contributed by atoms with Crippen LogP contribution in [0.15, 0.2) is 53.4 Å². The van der Waals surface area contributed by atoms with E-state index in [0.29, 0.717) is 6.42 Å². The van der Waals surface area contributed by atoms with E-state index in [2.05, 4.69) is 10.0 Å². The standard InChI is InChI=1S/C19H24N6O5S/c20-12-5-3-6-13(11-12)31(29,30)25-15-8-2-1-7-14(15)17(26)18(27)16(24-28)9-4-10-23-19(21)22/h1-3,5-8,11,16,24-25,28H,4,9-10,20H2,(H4,21,22,23)/t16-/m0/s1. The molecule has 0 unspecified atom stereocenters. The second-order valence-electron chi connectivity index (χ2n) is 6.58. The van der Waals surface area contributed by atoms with Crippen molar-refractivity contribution in [3.05, 3.63) is 54.1 Å². The Kier molecular flexibility index (Phi) is 8.07. The maximum Gasteiger partial charge on any atom is 0.261 e. The zero-order valence-corrected chi connectivity index (χ0v) is 17.3. The number of rotatable bonds is 11. The summed E-state index contributed by atoms with van der Waals surface area (Å²) in [6.07, 6.45) is 0.416. The highest BCUT2D eigenvalue weighted by Gasteiger charge is 2.28. The minimum atomic E-state index is -4.07. The number of nitrogens with one attached hydrogen (secondary N) is 4. The Morgan fingerprint density at radius 2 is 1.84 bits per heavy atom. The fraction of sp³-hybridized carbons (Fsp3) is 0.211. The van der Waals surface area contributed by atoms with Gasteiger partial charge in [-0.25, -0.2) is 8.42 Å². The van der Waals surface area contributed by atoms with E-state index in [0.717, 1.165) is 0 Å². The van der Waals surface area contributed by atoms with Gasteiger partial charge in [0.15, 0.2) is 5.96 Å². The summed E-state index contributed by atoms with van der Waals surface area (Å²) in [5.41, 5.74) is 12.6. The van der Waals surface area contributed by atoms with E-state index in [-0.39, 0.29) is 40.8 Å². The van der Waals surface area contributed by atoms with E-state index in [1.54, 1.807) is 5.48 Å². The number of hydrogen-bond donors (Lipinski definition) is 7. The first-order chi connectivity index (χ1) is 14.7. The molecular formula is C19H24N6O5S. The number of carbonyl (C=O) groups is 2. The smallest absolute Gasteiger partial charge is 0.261 e. The fourth-order valence-corrected chi connectivity index (χ4v) is 3.86.